The number of aromatic nitrogens is 2. The molecule has 0 saturated carbocycles. The summed E-state index contributed by atoms with van der Waals surface area (Å²) in [6.07, 6.45) is 0. The van der Waals surface area contributed by atoms with Crippen LogP contribution >= 0.6 is 20.2 Å². The Bertz CT molecular complexity index is 590. The van der Waals surface area contributed by atoms with Crippen LogP contribution in [0.25, 0.3) is 0 Å². The summed E-state index contributed by atoms with van der Waals surface area (Å²) in [6, 6.07) is 10.0. The molecule has 2 aromatic heterocycles. The third-order valence-corrected chi connectivity index (χ3v) is 3.23. The molecule has 0 spiro atoms. The van der Waals surface area contributed by atoms with E-state index in [1.807, 2.05) is 30.3 Å². The molecule has 0 aliphatic carbocycles. The third kappa shape index (κ3) is 7.11. The van der Waals surface area contributed by atoms with E-state index >= 15 is 0 Å². The average Bonchev–Trinajstić information content (AvgIpc) is 2.55. The van der Waals surface area contributed by atoms with Crippen molar-refractivity contribution in [3.05, 3.63) is 53.1 Å². The van der Waals surface area contributed by atoms with Crippen LogP contribution in [0, 0.1) is 0 Å². The molecule has 0 fully saturated rings. The molecule has 24 heavy (non-hydrogen) atoms. The molecule has 0 radical (unpaired) electrons. The topological polar surface area (TPSA) is 59.1 Å². The Morgan fingerprint density at radius 2 is 1.33 bits per heavy atom. The molecule has 0 amide bonds. The van der Waals surface area contributed by atoms with Gasteiger partial charge in [-0.15, -0.1) is 0 Å². The van der Waals surface area contributed by atoms with Gasteiger partial charge in [0.05, 0.1) is 29.9 Å². The molecule has 0 aromatic carbocycles. The van der Waals surface area contributed by atoms with E-state index in [4.69, 9.17) is 24.9 Å². The predicted octanol–water partition coefficient (Wildman–Crippen LogP) is -0.241. The van der Waals surface area contributed by atoms with Crippen molar-refractivity contribution in [1.82, 2.24) is 20.6 Å². The van der Waals surface area contributed by atoms with Crippen LogP contribution in [0.3, 0.4) is 0 Å². The molecule has 0 saturated heterocycles. The Morgan fingerprint density at radius 3 is 1.79 bits per heavy atom. The molecule has 0 unspecified atom stereocenters. The molecular formula is C15H18Cl3FeN4O-. The zero-order chi connectivity index (χ0) is 16.5. The Balaban J connectivity index is 0.000000671. The van der Waals surface area contributed by atoms with Gasteiger partial charge in [0, 0.05) is 38.3 Å². The van der Waals surface area contributed by atoms with E-state index in [0.29, 0.717) is 13.1 Å². The van der Waals surface area contributed by atoms with Crippen molar-refractivity contribution in [3.8, 4) is 5.75 Å². The summed E-state index contributed by atoms with van der Waals surface area (Å²) in [5.74, 6) is 0.849. The standard InChI is InChI=1S/C15H18N4O.3ClH.Fe/c1-20-15-5-13-9-16-7-11-3-2-4-12(18-11)8-17-10-14(6-15)19-13;;;;/h2-6,16-17H,7-10H2,1H3;3*1H;/q;;;;+2/p-3. The Hall–Kier alpha value is -0.591. The number of nitrogens with one attached hydrogen (secondary N) is 2. The number of methoxy groups -OCH3 is 1. The van der Waals surface area contributed by atoms with Gasteiger partial charge in [-0.3, -0.25) is 9.97 Å². The van der Waals surface area contributed by atoms with Gasteiger partial charge in [0.15, 0.2) is 0 Å². The van der Waals surface area contributed by atoms with Gasteiger partial charge in [-0.2, -0.15) is 0 Å². The molecule has 3 heterocycles. The van der Waals surface area contributed by atoms with Gasteiger partial charge in [-0.05, 0) is 12.1 Å². The number of hydrogen-bond donors (Lipinski definition) is 2. The first-order chi connectivity index (χ1) is 11.2. The van der Waals surface area contributed by atoms with Crippen LogP contribution in [0.15, 0.2) is 30.3 Å². The van der Waals surface area contributed by atoms with Gasteiger partial charge in [0.25, 0.3) is 0 Å². The number of ether oxygens (including phenoxy) is 1. The molecule has 3 rings (SSSR count). The number of pyridine rings is 2. The molecule has 2 aromatic rings. The van der Waals surface area contributed by atoms with Gasteiger partial charge in [0.2, 0.25) is 0 Å². The molecule has 4 bridgehead atoms. The first-order valence-electron chi connectivity index (χ1n) is 7.00. The Kier molecular flexibility index (Phi) is 10.6. The fourth-order valence-electron chi connectivity index (χ4n) is 2.28. The minimum atomic E-state index is 0. The normalized spacial score (nSPS) is 13.5. The van der Waals surface area contributed by atoms with Crippen LogP contribution in [-0.4, -0.2) is 17.1 Å². The van der Waals surface area contributed by atoms with Crippen LogP contribution in [0.4, 0.5) is 0 Å². The van der Waals surface area contributed by atoms with Crippen LogP contribution < -0.4 is 27.8 Å². The maximum atomic E-state index is 5.33. The van der Waals surface area contributed by atoms with Gasteiger partial charge in [-0.1, -0.05) is 6.07 Å². The zero-order valence-corrected chi connectivity index (χ0v) is 16.4. The SMILES string of the molecule is COc1cc2nc(c1)CNCc1cccc(n1)CNC2.[Cl-].[Cl][Fe][Cl]. The summed E-state index contributed by atoms with van der Waals surface area (Å²) >= 11 is 0.194. The summed E-state index contributed by atoms with van der Waals surface area (Å²) in [6.45, 7) is 2.89. The van der Waals surface area contributed by atoms with Crippen LogP contribution in [0.5, 0.6) is 5.75 Å². The third-order valence-electron chi connectivity index (χ3n) is 3.23. The van der Waals surface area contributed by atoms with E-state index in [1.54, 1.807) is 7.11 Å². The quantitative estimate of drug-likeness (QED) is 0.610. The predicted molar refractivity (Wildman–Crippen MR) is 87.8 cm³/mol. The van der Waals surface area contributed by atoms with Crippen LogP contribution in [0.2, 0.25) is 0 Å². The second kappa shape index (κ2) is 11.9. The summed E-state index contributed by atoms with van der Waals surface area (Å²) in [4.78, 5) is 9.23. The molecule has 134 valence electrons. The second-order valence-corrected chi connectivity index (χ2v) is 6.69. The average molecular weight is 433 g/mol. The summed E-state index contributed by atoms with van der Waals surface area (Å²) in [7, 11) is 11.2. The second-order valence-electron chi connectivity index (χ2n) is 4.87. The van der Waals surface area contributed by atoms with E-state index in [-0.39, 0.29) is 25.5 Å². The van der Waals surface area contributed by atoms with Crippen LogP contribution in [-0.2, 0) is 39.3 Å². The number of fused-ring (bicyclic) bond motifs is 4. The molecule has 0 atom stereocenters. The molecular weight excluding hydrogens is 414 g/mol. The Labute approximate surface area is 162 Å². The zero-order valence-electron chi connectivity index (χ0n) is 13.0. The summed E-state index contributed by atoms with van der Waals surface area (Å²) in [5.41, 5.74) is 4.07. The van der Waals surface area contributed by atoms with Gasteiger partial charge < -0.3 is 27.8 Å². The first-order valence-corrected chi connectivity index (χ1v) is 10.0. The molecule has 2 N–H and O–H groups in total. The molecule has 9 heteroatoms. The fourth-order valence-corrected chi connectivity index (χ4v) is 2.28. The summed E-state index contributed by atoms with van der Waals surface area (Å²) < 4.78 is 5.33. The first kappa shape index (κ1) is 21.5. The molecule has 1 aliphatic rings. The minimum absolute atomic E-state index is 0. The van der Waals surface area contributed by atoms with Crippen molar-refractivity contribution in [2.75, 3.05) is 7.11 Å². The van der Waals surface area contributed by atoms with E-state index in [9.17, 15) is 0 Å². The van der Waals surface area contributed by atoms with Crippen molar-refractivity contribution < 1.29 is 30.3 Å². The summed E-state index contributed by atoms with van der Waals surface area (Å²) in [5, 5.41) is 6.74. The fraction of sp³-hybridized carbons (Fsp3) is 0.333. The number of rotatable bonds is 1. The van der Waals surface area contributed by atoms with Crippen LogP contribution in [0.1, 0.15) is 22.8 Å². The monoisotopic (exact) mass is 431 g/mol. The number of halogens is 3. The van der Waals surface area contributed by atoms with E-state index in [0.717, 1.165) is 41.6 Å². The van der Waals surface area contributed by atoms with E-state index in [2.05, 4.69) is 20.6 Å². The van der Waals surface area contributed by atoms with E-state index in [1.165, 1.54) is 0 Å². The Morgan fingerprint density at radius 1 is 0.917 bits per heavy atom. The van der Waals surface area contributed by atoms with Crippen molar-refractivity contribution in [1.29, 1.82) is 0 Å². The number of hydrogen-bond acceptors (Lipinski definition) is 5. The van der Waals surface area contributed by atoms with E-state index < -0.39 is 0 Å². The van der Waals surface area contributed by atoms with Crippen molar-refractivity contribution in [3.63, 3.8) is 0 Å². The molecule has 5 nitrogen and oxygen atoms in total. The molecule has 1 aliphatic heterocycles. The van der Waals surface area contributed by atoms with Crippen molar-refractivity contribution in [2.45, 2.75) is 26.2 Å². The van der Waals surface area contributed by atoms with Crippen molar-refractivity contribution >= 4 is 20.2 Å². The van der Waals surface area contributed by atoms with Gasteiger partial charge >= 0.3 is 33.3 Å². The van der Waals surface area contributed by atoms with Crippen molar-refractivity contribution in [2.24, 2.45) is 0 Å². The van der Waals surface area contributed by atoms with Gasteiger partial charge in [0.1, 0.15) is 5.75 Å². The van der Waals surface area contributed by atoms with Gasteiger partial charge in [-0.25, -0.2) is 0 Å². The maximum absolute atomic E-state index is 5.33. The number of nitrogens with zero attached hydrogens (tertiary/aromatic N) is 2.